The van der Waals surface area contributed by atoms with E-state index >= 15 is 0 Å². The molecular formula is C21H27FN4O6S3. The first-order valence-corrected chi connectivity index (χ1v) is 15.9. The molecule has 0 aliphatic carbocycles. The normalized spacial score (nSPS) is 23.9. The third-order valence-electron chi connectivity index (χ3n) is 6.40. The monoisotopic (exact) mass is 546 g/mol. The van der Waals surface area contributed by atoms with Crippen LogP contribution in [0.1, 0.15) is 23.5 Å². The van der Waals surface area contributed by atoms with Gasteiger partial charge in [0.1, 0.15) is 5.82 Å². The van der Waals surface area contributed by atoms with Crippen LogP contribution in [-0.2, 0) is 36.4 Å². The summed E-state index contributed by atoms with van der Waals surface area (Å²) in [6.45, 7) is -0.267. The van der Waals surface area contributed by atoms with E-state index in [1.807, 2.05) is 0 Å². The number of aromatic nitrogens is 1. The molecular weight excluding hydrogens is 519 g/mol. The summed E-state index contributed by atoms with van der Waals surface area (Å²) in [4.78, 5) is 3.95. The number of hydrogen-bond acceptors (Lipinski definition) is 8. The van der Waals surface area contributed by atoms with Gasteiger partial charge in [0.05, 0.1) is 17.3 Å². The topological polar surface area (TPSA) is 148 Å². The fraction of sp³-hybridized carbons (Fsp3) is 0.476. The van der Waals surface area contributed by atoms with Crippen LogP contribution in [0.3, 0.4) is 0 Å². The molecule has 2 unspecified atom stereocenters. The lowest BCUT2D eigenvalue weighted by Crippen LogP contribution is -2.52. The van der Waals surface area contributed by atoms with E-state index in [9.17, 15) is 29.6 Å². The van der Waals surface area contributed by atoms with Gasteiger partial charge in [0.25, 0.3) is 10.2 Å². The lowest BCUT2D eigenvalue weighted by Gasteiger charge is -2.32. The highest BCUT2D eigenvalue weighted by molar-refractivity contribution is 7.92. The van der Waals surface area contributed by atoms with Crippen LogP contribution in [0.4, 0.5) is 4.39 Å². The first-order valence-electron chi connectivity index (χ1n) is 11.0. The Balaban J connectivity index is 1.65. The summed E-state index contributed by atoms with van der Waals surface area (Å²) in [6.07, 6.45) is 1.54. The quantitative estimate of drug-likeness (QED) is 0.521. The summed E-state index contributed by atoms with van der Waals surface area (Å²) in [5.74, 6) is -1.88. The number of benzene rings is 1. The highest BCUT2D eigenvalue weighted by Gasteiger charge is 2.45. The van der Waals surface area contributed by atoms with Crippen LogP contribution in [0.5, 0.6) is 0 Å². The van der Waals surface area contributed by atoms with E-state index in [-0.39, 0.29) is 55.0 Å². The van der Waals surface area contributed by atoms with Crippen molar-refractivity contribution in [2.75, 3.05) is 36.9 Å². The number of pyridine rings is 1. The zero-order chi connectivity index (χ0) is 25.4. The van der Waals surface area contributed by atoms with Crippen LogP contribution in [0.15, 0.2) is 47.6 Å². The fourth-order valence-corrected chi connectivity index (χ4v) is 9.38. The van der Waals surface area contributed by atoms with Crippen molar-refractivity contribution in [2.24, 2.45) is 5.73 Å². The van der Waals surface area contributed by atoms with Crippen LogP contribution < -0.4 is 5.73 Å². The molecule has 2 N–H and O–H groups in total. The summed E-state index contributed by atoms with van der Waals surface area (Å²) >= 11 is 0. The second-order valence-electron chi connectivity index (χ2n) is 8.75. The minimum absolute atomic E-state index is 0.00628. The number of rotatable bonds is 7. The molecule has 4 rings (SSSR count). The van der Waals surface area contributed by atoms with Gasteiger partial charge in [-0.1, -0.05) is 12.1 Å². The summed E-state index contributed by atoms with van der Waals surface area (Å²) in [7, 11) is -11.4. The van der Waals surface area contributed by atoms with Gasteiger partial charge in [-0.2, -0.15) is 17.0 Å². The van der Waals surface area contributed by atoms with Crippen LogP contribution in [0.2, 0.25) is 0 Å². The van der Waals surface area contributed by atoms with E-state index in [2.05, 4.69) is 4.98 Å². The van der Waals surface area contributed by atoms with Gasteiger partial charge in [-0.3, -0.25) is 0 Å². The average Bonchev–Trinajstić information content (AvgIpc) is 3.23. The van der Waals surface area contributed by atoms with E-state index in [1.54, 1.807) is 18.2 Å². The van der Waals surface area contributed by atoms with Crippen molar-refractivity contribution in [3.05, 3.63) is 59.5 Å². The van der Waals surface area contributed by atoms with Crippen molar-refractivity contribution in [2.45, 2.75) is 30.0 Å². The number of nitrogens with two attached hydrogens (primary N) is 1. The Morgan fingerprint density at radius 2 is 1.71 bits per heavy atom. The van der Waals surface area contributed by atoms with Crippen LogP contribution in [0.25, 0.3) is 0 Å². The molecule has 2 aromatic rings. The Hall–Kier alpha value is -1.97. The lowest BCUT2D eigenvalue weighted by atomic mass is 9.97. The molecule has 0 amide bonds. The number of hydrogen-bond donors (Lipinski definition) is 1. The Morgan fingerprint density at radius 1 is 1.06 bits per heavy atom. The summed E-state index contributed by atoms with van der Waals surface area (Å²) in [6, 6.07) is 7.72. The molecule has 0 bridgehead atoms. The van der Waals surface area contributed by atoms with E-state index in [4.69, 9.17) is 5.73 Å². The minimum Gasteiger partial charge on any atom is -0.326 e. The van der Waals surface area contributed by atoms with Crippen molar-refractivity contribution >= 4 is 29.9 Å². The Morgan fingerprint density at radius 3 is 2.34 bits per heavy atom. The largest absolute Gasteiger partial charge is 0.326 e. The molecule has 0 spiro atoms. The molecule has 2 aliphatic heterocycles. The van der Waals surface area contributed by atoms with E-state index < -0.39 is 47.5 Å². The molecule has 2 aliphatic rings. The minimum atomic E-state index is -4.15. The predicted octanol–water partition coefficient (Wildman–Crippen LogP) is 0.286. The van der Waals surface area contributed by atoms with Gasteiger partial charge in [0.2, 0.25) is 0 Å². The molecule has 0 radical (unpaired) electrons. The zero-order valence-corrected chi connectivity index (χ0v) is 21.3. The maximum atomic E-state index is 13.5. The third kappa shape index (κ3) is 5.73. The maximum Gasteiger partial charge on any atom is 0.282 e. The first kappa shape index (κ1) is 26.1. The second kappa shape index (κ2) is 9.82. The van der Waals surface area contributed by atoms with Gasteiger partial charge < -0.3 is 5.73 Å². The smallest absolute Gasteiger partial charge is 0.282 e. The molecule has 14 heteroatoms. The number of sulfone groups is 2. The van der Waals surface area contributed by atoms with Crippen molar-refractivity contribution in [1.29, 1.82) is 0 Å². The molecule has 35 heavy (non-hydrogen) atoms. The molecule has 1 aromatic heterocycles. The molecule has 3 heterocycles. The van der Waals surface area contributed by atoms with Crippen LogP contribution >= 0.6 is 0 Å². The third-order valence-corrected chi connectivity index (χ3v) is 11.7. The first-order chi connectivity index (χ1) is 16.4. The summed E-state index contributed by atoms with van der Waals surface area (Å²) in [5, 5.41) is -0.188. The standard InChI is InChI=1S/C21H27FN4O6S3/c22-19-3-1-17(2-4-19)18-12-20(15-34(29,30)21-11-16(13-23)5-6-24-21)26(14-18)35(31,32)25-7-9-33(27,28)10-8-25/h1-6,11,18,20H,7-10,12-15,23H2. The highest BCUT2D eigenvalue weighted by Crippen LogP contribution is 2.36. The molecule has 1 aromatic carbocycles. The molecule has 192 valence electrons. The summed E-state index contributed by atoms with van der Waals surface area (Å²) < 4.78 is 92.8. The number of halogens is 1. The van der Waals surface area contributed by atoms with Crippen molar-refractivity contribution in [3.8, 4) is 0 Å². The van der Waals surface area contributed by atoms with Crippen LogP contribution in [-0.4, -0.2) is 81.8 Å². The van der Waals surface area contributed by atoms with E-state index in [1.165, 1.54) is 24.4 Å². The lowest BCUT2D eigenvalue weighted by molar-refractivity contribution is 0.341. The van der Waals surface area contributed by atoms with Crippen LogP contribution in [0, 0.1) is 5.82 Å². The van der Waals surface area contributed by atoms with E-state index in [0.29, 0.717) is 11.1 Å². The van der Waals surface area contributed by atoms with Gasteiger partial charge >= 0.3 is 0 Å². The van der Waals surface area contributed by atoms with Crippen molar-refractivity contribution in [3.63, 3.8) is 0 Å². The van der Waals surface area contributed by atoms with Crippen molar-refractivity contribution < 1.29 is 29.6 Å². The zero-order valence-electron chi connectivity index (χ0n) is 18.8. The molecule has 10 nitrogen and oxygen atoms in total. The molecule has 2 fully saturated rings. The van der Waals surface area contributed by atoms with Gasteiger partial charge in [-0.25, -0.2) is 26.2 Å². The van der Waals surface area contributed by atoms with E-state index in [0.717, 1.165) is 8.61 Å². The average molecular weight is 547 g/mol. The molecule has 2 atom stereocenters. The number of nitrogens with zero attached hydrogens (tertiary/aromatic N) is 3. The van der Waals surface area contributed by atoms with Gasteiger partial charge in [0.15, 0.2) is 24.7 Å². The Bertz CT molecular complexity index is 1380. The maximum absolute atomic E-state index is 13.5. The van der Waals surface area contributed by atoms with Gasteiger partial charge in [-0.05, 0) is 47.7 Å². The Kier molecular flexibility index (Phi) is 7.33. The fourth-order valence-electron chi connectivity index (χ4n) is 4.46. The molecule has 2 saturated heterocycles. The Labute approximate surface area is 205 Å². The van der Waals surface area contributed by atoms with Gasteiger partial charge in [0, 0.05) is 38.4 Å². The predicted molar refractivity (Wildman–Crippen MR) is 128 cm³/mol. The molecule has 0 saturated carbocycles. The highest BCUT2D eigenvalue weighted by atomic mass is 32.2. The van der Waals surface area contributed by atoms with Crippen molar-refractivity contribution in [1.82, 2.24) is 13.6 Å². The summed E-state index contributed by atoms with van der Waals surface area (Å²) in [5.41, 5.74) is 6.88. The van der Waals surface area contributed by atoms with Gasteiger partial charge in [-0.15, -0.1) is 0 Å². The second-order valence-corrected chi connectivity index (χ2v) is 14.9. The SMILES string of the molecule is NCc1ccnc(S(=O)(=O)CC2CC(c3ccc(F)cc3)CN2S(=O)(=O)N2CCS(=O)(=O)CC2)c1.